The third-order valence-electron chi connectivity index (χ3n) is 4.29. The topological polar surface area (TPSA) is 68.5 Å². The Labute approximate surface area is 174 Å². The van der Waals surface area contributed by atoms with E-state index in [9.17, 15) is 4.79 Å². The minimum atomic E-state index is -0.214. The summed E-state index contributed by atoms with van der Waals surface area (Å²) in [6.07, 6.45) is 1.64. The van der Waals surface area contributed by atoms with Gasteiger partial charge in [-0.15, -0.1) is 6.58 Å². The lowest BCUT2D eigenvalue weighted by Gasteiger charge is -2.19. The molecule has 0 atom stereocenters. The van der Waals surface area contributed by atoms with Crippen molar-refractivity contribution in [3.05, 3.63) is 77.2 Å². The second-order valence-corrected chi connectivity index (χ2v) is 7.08. The average Bonchev–Trinajstić information content (AvgIpc) is 3.16. The normalized spacial score (nSPS) is 10.6. The van der Waals surface area contributed by atoms with E-state index >= 15 is 0 Å². The van der Waals surface area contributed by atoms with E-state index in [-0.39, 0.29) is 19.1 Å². The number of aromatic nitrogens is 2. The Morgan fingerprint density at radius 2 is 2.00 bits per heavy atom. The molecular weight excluding hydrogens is 390 g/mol. The van der Waals surface area contributed by atoms with Crippen LogP contribution < -0.4 is 4.74 Å². The van der Waals surface area contributed by atoms with Gasteiger partial charge in [-0.2, -0.15) is 4.98 Å². The molecule has 2 aromatic carbocycles. The van der Waals surface area contributed by atoms with E-state index < -0.39 is 0 Å². The minimum Gasteiger partial charge on any atom is -0.483 e. The van der Waals surface area contributed by atoms with Crippen LogP contribution in [0.15, 0.2) is 59.6 Å². The van der Waals surface area contributed by atoms with Crippen LogP contribution in [0.3, 0.4) is 0 Å². The summed E-state index contributed by atoms with van der Waals surface area (Å²) < 4.78 is 11.0. The largest absolute Gasteiger partial charge is 0.483 e. The Balaban J connectivity index is 1.65. The molecule has 0 unspecified atom stereocenters. The Hall–Kier alpha value is -3.12. The van der Waals surface area contributed by atoms with Gasteiger partial charge in [0.1, 0.15) is 12.3 Å². The van der Waals surface area contributed by atoms with Crippen LogP contribution in [0.25, 0.3) is 11.4 Å². The molecule has 0 aliphatic carbocycles. The zero-order valence-electron chi connectivity index (χ0n) is 16.4. The highest BCUT2D eigenvalue weighted by atomic mass is 35.5. The summed E-state index contributed by atoms with van der Waals surface area (Å²) >= 11 is 5.95. The lowest BCUT2D eigenvalue weighted by atomic mass is 10.1. The van der Waals surface area contributed by atoms with Gasteiger partial charge in [-0.1, -0.05) is 52.7 Å². The molecule has 0 bridgehead atoms. The van der Waals surface area contributed by atoms with E-state index in [1.807, 2.05) is 38.1 Å². The molecule has 0 N–H and O–H groups in total. The number of rotatable bonds is 8. The van der Waals surface area contributed by atoms with Crippen LogP contribution in [-0.2, 0) is 11.3 Å². The van der Waals surface area contributed by atoms with E-state index in [1.54, 1.807) is 29.2 Å². The number of amides is 1. The summed E-state index contributed by atoms with van der Waals surface area (Å²) in [4.78, 5) is 18.6. The fraction of sp³-hybridized carbons (Fsp3) is 0.227. The smallest absolute Gasteiger partial charge is 0.261 e. The fourth-order valence-corrected chi connectivity index (χ4v) is 2.94. The van der Waals surface area contributed by atoms with E-state index in [0.717, 1.165) is 16.7 Å². The van der Waals surface area contributed by atoms with Crippen molar-refractivity contribution in [3.8, 4) is 17.1 Å². The van der Waals surface area contributed by atoms with Gasteiger partial charge in [0.15, 0.2) is 6.61 Å². The van der Waals surface area contributed by atoms with Crippen LogP contribution in [-0.4, -0.2) is 34.1 Å². The minimum absolute atomic E-state index is 0.116. The maximum Gasteiger partial charge on any atom is 0.261 e. The number of hydrogen-bond donors (Lipinski definition) is 0. The third-order valence-corrected chi connectivity index (χ3v) is 4.53. The SMILES string of the molecule is C=CCN(Cc1nc(-c2ccc(C)cc2)no1)C(=O)COc1ccc(Cl)cc1C. The molecule has 1 amide bonds. The highest BCUT2D eigenvalue weighted by Crippen LogP contribution is 2.22. The number of nitrogens with zero attached hydrogens (tertiary/aromatic N) is 3. The van der Waals surface area contributed by atoms with Gasteiger partial charge in [-0.25, -0.2) is 0 Å². The number of carbonyl (C=O) groups excluding carboxylic acids is 1. The van der Waals surface area contributed by atoms with Gasteiger partial charge in [0.2, 0.25) is 11.7 Å². The predicted octanol–water partition coefficient (Wildman–Crippen LogP) is 4.60. The zero-order valence-corrected chi connectivity index (χ0v) is 17.1. The highest BCUT2D eigenvalue weighted by molar-refractivity contribution is 6.30. The quantitative estimate of drug-likeness (QED) is 0.506. The Morgan fingerprint density at radius 1 is 1.24 bits per heavy atom. The molecule has 0 saturated heterocycles. The Morgan fingerprint density at radius 3 is 2.69 bits per heavy atom. The van der Waals surface area contributed by atoms with E-state index in [4.69, 9.17) is 20.9 Å². The molecule has 150 valence electrons. The van der Waals surface area contributed by atoms with Crippen LogP contribution >= 0.6 is 11.6 Å². The van der Waals surface area contributed by atoms with Crippen LogP contribution in [0, 0.1) is 13.8 Å². The van der Waals surface area contributed by atoms with Gasteiger partial charge >= 0.3 is 0 Å². The molecule has 0 spiro atoms. The molecule has 7 heteroatoms. The molecule has 0 aliphatic rings. The van der Waals surface area contributed by atoms with Crippen molar-refractivity contribution in [2.75, 3.05) is 13.2 Å². The summed E-state index contributed by atoms with van der Waals surface area (Å²) in [5, 5.41) is 4.63. The van der Waals surface area contributed by atoms with Crippen molar-refractivity contribution in [2.45, 2.75) is 20.4 Å². The summed E-state index contributed by atoms with van der Waals surface area (Å²) in [7, 11) is 0. The van der Waals surface area contributed by atoms with Gasteiger partial charge in [0.25, 0.3) is 5.91 Å². The molecule has 6 nitrogen and oxygen atoms in total. The number of hydrogen-bond acceptors (Lipinski definition) is 5. The lowest BCUT2D eigenvalue weighted by molar-refractivity contribution is -0.133. The van der Waals surface area contributed by atoms with Crippen molar-refractivity contribution >= 4 is 17.5 Å². The Bertz CT molecular complexity index is 999. The van der Waals surface area contributed by atoms with Gasteiger partial charge < -0.3 is 14.2 Å². The number of halogens is 1. The van der Waals surface area contributed by atoms with Crippen LogP contribution in [0.2, 0.25) is 5.02 Å². The summed E-state index contributed by atoms with van der Waals surface area (Å²) in [5.41, 5.74) is 2.87. The second-order valence-electron chi connectivity index (χ2n) is 6.64. The fourth-order valence-electron chi connectivity index (χ4n) is 2.72. The summed E-state index contributed by atoms with van der Waals surface area (Å²) in [5.74, 6) is 1.23. The van der Waals surface area contributed by atoms with Gasteiger partial charge in [0.05, 0.1) is 0 Å². The predicted molar refractivity (Wildman–Crippen MR) is 112 cm³/mol. The number of benzene rings is 2. The first-order valence-corrected chi connectivity index (χ1v) is 9.51. The second kappa shape index (κ2) is 9.39. The van der Waals surface area contributed by atoms with Gasteiger partial charge in [-0.05, 0) is 37.6 Å². The van der Waals surface area contributed by atoms with Crippen molar-refractivity contribution in [2.24, 2.45) is 0 Å². The van der Waals surface area contributed by atoms with Crippen molar-refractivity contribution < 1.29 is 14.1 Å². The Kier molecular flexibility index (Phi) is 6.67. The molecule has 1 heterocycles. The molecule has 0 aliphatic heterocycles. The van der Waals surface area contributed by atoms with Crippen molar-refractivity contribution in [3.63, 3.8) is 0 Å². The molecular formula is C22H22ClN3O3. The summed E-state index contributed by atoms with van der Waals surface area (Å²) in [6.45, 7) is 7.99. The van der Waals surface area contributed by atoms with Crippen molar-refractivity contribution in [1.82, 2.24) is 15.0 Å². The molecule has 0 radical (unpaired) electrons. The number of carbonyl (C=O) groups is 1. The monoisotopic (exact) mass is 411 g/mol. The van der Waals surface area contributed by atoms with Crippen LogP contribution in [0.4, 0.5) is 0 Å². The van der Waals surface area contributed by atoms with Crippen molar-refractivity contribution in [1.29, 1.82) is 0 Å². The molecule has 0 saturated carbocycles. The number of ether oxygens (including phenoxy) is 1. The highest BCUT2D eigenvalue weighted by Gasteiger charge is 2.18. The van der Waals surface area contributed by atoms with Crippen LogP contribution in [0.5, 0.6) is 5.75 Å². The first-order chi connectivity index (χ1) is 14.0. The molecule has 0 fully saturated rings. The van der Waals surface area contributed by atoms with E-state index in [1.165, 1.54) is 0 Å². The van der Waals surface area contributed by atoms with Crippen LogP contribution in [0.1, 0.15) is 17.0 Å². The van der Waals surface area contributed by atoms with E-state index in [0.29, 0.717) is 29.0 Å². The van der Waals surface area contributed by atoms with Gasteiger partial charge in [0, 0.05) is 17.1 Å². The maximum atomic E-state index is 12.6. The first kappa shape index (κ1) is 20.6. The summed E-state index contributed by atoms with van der Waals surface area (Å²) in [6, 6.07) is 13.1. The van der Waals surface area contributed by atoms with Gasteiger partial charge in [-0.3, -0.25) is 4.79 Å². The van der Waals surface area contributed by atoms with E-state index in [2.05, 4.69) is 16.7 Å². The standard InChI is InChI=1S/C22H22ClN3O3/c1-4-11-26(21(27)14-28-19-10-9-18(23)12-16(19)3)13-20-24-22(25-29-20)17-7-5-15(2)6-8-17/h4-10,12H,1,11,13-14H2,2-3H3. The molecule has 3 rings (SSSR count). The lowest BCUT2D eigenvalue weighted by Crippen LogP contribution is -2.34. The zero-order chi connectivity index (χ0) is 20.8. The average molecular weight is 412 g/mol. The first-order valence-electron chi connectivity index (χ1n) is 9.13. The third kappa shape index (κ3) is 5.45. The molecule has 3 aromatic rings. The maximum absolute atomic E-state index is 12.6. The molecule has 29 heavy (non-hydrogen) atoms. The molecule has 1 aromatic heterocycles. The number of aryl methyl sites for hydroxylation is 2.